The lowest BCUT2D eigenvalue weighted by molar-refractivity contribution is 0.363. The fraction of sp³-hybridized carbons (Fsp3) is 0.333. The van der Waals surface area contributed by atoms with E-state index >= 15 is 0 Å². The van der Waals surface area contributed by atoms with E-state index in [0.29, 0.717) is 18.0 Å². The number of H-pyrrole nitrogens is 1. The molecule has 2 aromatic rings. The molecule has 2 aromatic heterocycles. The van der Waals surface area contributed by atoms with Crippen LogP contribution < -0.4 is 5.56 Å². The third-order valence-corrected chi connectivity index (χ3v) is 5.06. The van der Waals surface area contributed by atoms with Crippen molar-refractivity contribution in [1.82, 2.24) is 19.9 Å². The highest BCUT2D eigenvalue weighted by atomic mass is 127. The fourth-order valence-electron chi connectivity index (χ4n) is 1.31. The van der Waals surface area contributed by atoms with Gasteiger partial charge in [-0.2, -0.15) is 0 Å². The highest BCUT2D eigenvalue weighted by Gasteiger charge is 2.12. The number of hydrogen-bond acceptors (Lipinski definition) is 4. The molecule has 1 N–H and O–H groups in total. The first-order valence-electron chi connectivity index (χ1n) is 5.92. The topological polar surface area (TPSA) is 71.5 Å². The van der Waals surface area contributed by atoms with E-state index in [1.807, 2.05) is 22.6 Å². The van der Waals surface area contributed by atoms with Crippen molar-refractivity contribution in [3.8, 4) is 0 Å². The van der Waals surface area contributed by atoms with Crippen molar-refractivity contribution in [2.24, 2.45) is 0 Å². The highest BCUT2D eigenvalue weighted by molar-refractivity contribution is 14.1. The van der Waals surface area contributed by atoms with Gasteiger partial charge in [0, 0.05) is 0 Å². The summed E-state index contributed by atoms with van der Waals surface area (Å²) < 4.78 is 26.3. The Balaban J connectivity index is 0.000000220. The first-order chi connectivity index (χ1) is 10.3. The molecular weight excluding hydrogens is 543 g/mol. The van der Waals surface area contributed by atoms with Gasteiger partial charge >= 0.3 is 0 Å². The van der Waals surface area contributed by atoms with E-state index in [1.165, 1.54) is 26.5 Å². The Bertz CT molecular complexity index is 697. The maximum atomic E-state index is 12.7. The number of rotatable bonds is 2. The molecule has 2 rings (SSSR count). The first-order valence-corrected chi connectivity index (χ1v) is 8.46. The molecule has 0 aromatic carbocycles. The van der Waals surface area contributed by atoms with Gasteiger partial charge in [0.25, 0.3) is 5.56 Å². The van der Waals surface area contributed by atoms with E-state index in [-0.39, 0.29) is 11.3 Å². The van der Waals surface area contributed by atoms with Crippen LogP contribution in [-0.4, -0.2) is 19.9 Å². The van der Waals surface area contributed by atoms with Crippen molar-refractivity contribution in [2.75, 3.05) is 0 Å². The van der Waals surface area contributed by atoms with Crippen molar-refractivity contribution in [3.05, 3.63) is 46.7 Å². The maximum absolute atomic E-state index is 12.7. The number of hydrogen-bond donors (Lipinski definition) is 1. The standard InChI is InChI=1S/C6H5ClFIN2.C6H6FIN2O/c1-3(8)5-4(9)6(7)11-2-10-5;1-3(7)5-4(8)6(11)10-2-9-5/h2-3H,1H3;2-3H,1H3,(H,9,10,11). The van der Waals surface area contributed by atoms with Crippen LogP contribution >= 0.6 is 56.8 Å². The van der Waals surface area contributed by atoms with Gasteiger partial charge in [0.1, 0.15) is 27.4 Å². The van der Waals surface area contributed by atoms with Gasteiger partial charge in [-0.1, -0.05) is 11.6 Å². The molecule has 2 unspecified atom stereocenters. The normalized spacial score (nSPS) is 13.0. The molecule has 2 atom stereocenters. The van der Waals surface area contributed by atoms with E-state index in [2.05, 4.69) is 19.9 Å². The molecule has 10 heteroatoms. The minimum atomic E-state index is -1.19. The summed E-state index contributed by atoms with van der Waals surface area (Å²) >= 11 is 9.33. The lowest BCUT2D eigenvalue weighted by Crippen LogP contribution is -2.14. The van der Waals surface area contributed by atoms with Crippen LogP contribution in [0.5, 0.6) is 0 Å². The summed E-state index contributed by atoms with van der Waals surface area (Å²) in [5.41, 5.74) is 0.264. The second kappa shape index (κ2) is 9.01. The van der Waals surface area contributed by atoms with E-state index in [4.69, 9.17) is 11.6 Å². The second-order valence-electron chi connectivity index (χ2n) is 4.03. The fourth-order valence-corrected chi connectivity index (χ4v) is 2.88. The van der Waals surface area contributed by atoms with Crippen LogP contribution in [0, 0.1) is 7.14 Å². The molecule has 0 saturated carbocycles. The van der Waals surface area contributed by atoms with E-state index in [0.717, 1.165) is 0 Å². The Hall–Kier alpha value is -0.430. The average Bonchev–Trinajstić information content (AvgIpc) is 2.45. The SMILES string of the molecule is CC(F)c1nc[nH]c(=O)c1I.CC(F)c1ncnc(Cl)c1I. The minimum Gasteiger partial charge on any atom is -0.312 e. The molecule has 0 aliphatic carbocycles. The van der Waals surface area contributed by atoms with Crippen LogP contribution in [0.15, 0.2) is 17.4 Å². The van der Waals surface area contributed by atoms with Crippen LogP contribution in [0.1, 0.15) is 37.6 Å². The van der Waals surface area contributed by atoms with Gasteiger partial charge in [-0.25, -0.2) is 23.7 Å². The summed E-state index contributed by atoms with van der Waals surface area (Å²) in [4.78, 5) is 24.4. The smallest absolute Gasteiger partial charge is 0.264 e. The predicted octanol–water partition coefficient (Wildman–Crippen LogP) is 4.17. The van der Waals surface area contributed by atoms with Crippen LogP contribution in [-0.2, 0) is 0 Å². The van der Waals surface area contributed by atoms with E-state index < -0.39 is 12.3 Å². The van der Waals surface area contributed by atoms with Crippen molar-refractivity contribution in [1.29, 1.82) is 0 Å². The second-order valence-corrected chi connectivity index (χ2v) is 6.54. The van der Waals surface area contributed by atoms with Gasteiger partial charge in [0.05, 0.1) is 21.3 Å². The lowest BCUT2D eigenvalue weighted by Gasteiger charge is -2.03. The number of alkyl halides is 2. The van der Waals surface area contributed by atoms with Crippen LogP contribution in [0.2, 0.25) is 5.15 Å². The Labute approximate surface area is 157 Å². The molecule has 0 aliphatic heterocycles. The number of aromatic amines is 1. The summed E-state index contributed by atoms with van der Waals surface area (Å²) in [5.74, 6) is 0. The summed E-state index contributed by atoms with van der Waals surface area (Å²) in [5, 5.41) is 0.306. The highest BCUT2D eigenvalue weighted by Crippen LogP contribution is 2.24. The largest absolute Gasteiger partial charge is 0.312 e. The summed E-state index contributed by atoms with van der Waals surface area (Å²) in [6.45, 7) is 2.77. The Morgan fingerprint density at radius 3 is 2.09 bits per heavy atom. The van der Waals surface area contributed by atoms with Gasteiger partial charge < -0.3 is 4.98 Å². The third-order valence-electron chi connectivity index (χ3n) is 2.35. The monoisotopic (exact) mass is 554 g/mol. The van der Waals surface area contributed by atoms with Crippen molar-refractivity contribution < 1.29 is 8.78 Å². The van der Waals surface area contributed by atoms with Gasteiger partial charge in [-0.3, -0.25) is 4.79 Å². The van der Waals surface area contributed by atoms with Gasteiger partial charge in [0.15, 0.2) is 0 Å². The van der Waals surface area contributed by atoms with E-state index in [1.54, 1.807) is 22.6 Å². The van der Waals surface area contributed by atoms with Crippen molar-refractivity contribution in [3.63, 3.8) is 0 Å². The molecule has 2 heterocycles. The summed E-state index contributed by atoms with van der Waals surface area (Å²) in [6.07, 6.45) is 0.179. The molecule has 0 bridgehead atoms. The quantitative estimate of drug-likeness (QED) is 0.447. The zero-order chi connectivity index (χ0) is 16.9. The molecule has 120 valence electrons. The zero-order valence-corrected chi connectivity index (χ0v) is 16.5. The van der Waals surface area contributed by atoms with Crippen LogP contribution in [0.3, 0.4) is 0 Å². The van der Waals surface area contributed by atoms with Gasteiger partial charge in [0.2, 0.25) is 0 Å². The maximum Gasteiger partial charge on any atom is 0.264 e. The Morgan fingerprint density at radius 1 is 1.09 bits per heavy atom. The molecule has 0 spiro atoms. The first kappa shape index (κ1) is 19.6. The molecule has 0 fully saturated rings. The van der Waals surface area contributed by atoms with Gasteiger partial charge in [-0.05, 0) is 59.0 Å². The number of aromatic nitrogens is 4. The average molecular weight is 555 g/mol. The molecular formula is C12H11ClF2I2N4O. The van der Waals surface area contributed by atoms with E-state index in [9.17, 15) is 13.6 Å². The van der Waals surface area contributed by atoms with Crippen LogP contribution in [0.25, 0.3) is 0 Å². The van der Waals surface area contributed by atoms with Crippen LogP contribution in [0.4, 0.5) is 8.78 Å². The van der Waals surface area contributed by atoms with Crippen molar-refractivity contribution in [2.45, 2.75) is 26.2 Å². The van der Waals surface area contributed by atoms with Gasteiger partial charge in [-0.15, -0.1) is 0 Å². The summed E-state index contributed by atoms with van der Waals surface area (Å²) in [7, 11) is 0. The summed E-state index contributed by atoms with van der Waals surface area (Å²) in [6, 6.07) is 0. The molecule has 0 aliphatic rings. The molecule has 0 radical (unpaired) electrons. The number of halogens is 5. The minimum absolute atomic E-state index is 0.203. The zero-order valence-electron chi connectivity index (χ0n) is 11.4. The third kappa shape index (κ3) is 5.33. The Morgan fingerprint density at radius 2 is 1.64 bits per heavy atom. The Kier molecular flexibility index (Phi) is 8.03. The molecule has 5 nitrogen and oxygen atoms in total. The lowest BCUT2D eigenvalue weighted by atomic mass is 10.3. The molecule has 22 heavy (non-hydrogen) atoms. The molecule has 0 amide bonds. The molecule has 0 saturated heterocycles. The predicted molar refractivity (Wildman–Crippen MR) is 96.4 cm³/mol. The number of nitrogens with zero attached hydrogens (tertiary/aromatic N) is 3. The van der Waals surface area contributed by atoms with Crippen molar-refractivity contribution >= 4 is 56.8 Å². The number of nitrogens with one attached hydrogen (secondary N) is 1.